The van der Waals surface area contributed by atoms with Gasteiger partial charge in [0.05, 0.1) is 6.61 Å². The molecule has 0 radical (unpaired) electrons. The summed E-state index contributed by atoms with van der Waals surface area (Å²) in [4.78, 5) is 16.4. The number of aromatic nitrogens is 1. The average molecular weight is 237 g/mol. The minimum atomic E-state index is -0.0586. The van der Waals surface area contributed by atoms with E-state index in [-0.39, 0.29) is 5.91 Å². The summed E-state index contributed by atoms with van der Waals surface area (Å²) in [5, 5.41) is 0. The van der Waals surface area contributed by atoms with E-state index in [0.29, 0.717) is 24.5 Å². The van der Waals surface area contributed by atoms with Gasteiger partial charge in [-0.1, -0.05) is 0 Å². The zero-order valence-corrected chi connectivity index (χ0v) is 10.1. The molecule has 0 bridgehead atoms. The Kier molecular flexibility index (Phi) is 3.68. The van der Waals surface area contributed by atoms with Crippen LogP contribution in [0.4, 0.5) is 5.69 Å². The molecule has 1 aromatic heterocycles. The normalized spacial score (nSPS) is 14.9. The smallest absolute Gasteiger partial charge is 0.270 e. The summed E-state index contributed by atoms with van der Waals surface area (Å²) in [6.45, 7) is 2.02. The van der Waals surface area contributed by atoms with E-state index in [1.165, 1.54) is 12.8 Å². The van der Waals surface area contributed by atoms with Crippen LogP contribution in [0.5, 0.6) is 0 Å². The summed E-state index contributed by atoms with van der Waals surface area (Å²) in [6.07, 6.45) is 4.19. The molecule has 2 rings (SSSR count). The summed E-state index contributed by atoms with van der Waals surface area (Å²) in [6, 6.07) is 1.64. The summed E-state index contributed by atoms with van der Waals surface area (Å²) in [5.41, 5.74) is 6.65. The molecule has 1 amide bonds. The number of ether oxygens (including phenoxy) is 1. The van der Waals surface area contributed by atoms with Gasteiger partial charge in [0, 0.05) is 32.1 Å². The van der Waals surface area contributed by atoms with Gasteiger partial charge in [0.25, 0.3) is 5.91 Å². The molecule has 17 heavy (non-hydrogen) atoms. The third-order valence-electron chi connectivity index (χ3n) is 2.90. The first-order valence-electron chi connectivity index (χ1n) is 5.94. The van der Waals surface area contributed by atoms with Crippen molar-refractivity contribution in [3.63, 3.8) is 0 Å². The highest BCUT2D eigenvalue weighted by atomic mass is 16.5. The second kappa shape index (κ2) is 5.23. The Bertz CT molecular complexity index is 385. The van der Waals surface area contributed by atoms with Crippen molar-refractivity contribution >= 4 is 11.6 Å². The van der Waals surface area contributed by atoms with Gasteiger partial charge in [0.15, 0.2) is 0 Å². The first-order chi connectivity index (χ1) is 8.16. The minimum absolute atomic E-state index is 0.0586. The van der Waals surface area contributed by atoms with Crippen molar-refractivity contribution < 1.29 is 9.53 Å². The molecule has 0 saturated heterocycles. The second-order valence-electron chi connectivity index (χ2n) is 4.59. The van der Waals surface area contributed by atoms with Gasteiger partial charge < -0.3 is 20.4 Å². The number of hydrogen-bond donors (Lipinski definition) is 2. The van der Waals surface area contributed by atoms with Crippen molar-refractivity contribution in [3.05, 3.63) is 18.0 Å². The van der Waals surface area contributed by atoms with Gasteiger partial charge in [0.1, 0.15) is 5.69 Å². The lowest BCUT2D eigenvalue weighted by atomic mass is 10.3. The monoisotopic (exact) mass is 237 g/mol. The molecule has 3 N–H and O–H groups in total. The third kappa shape index (κ3) is 3.49. The maximum atomic E-state index is 11.9. The van der Waals surface area contributed by atoms with Gasteiger partial charge >= 0.3 is 0 Å². The number of hydrogen-bond acceptors (Lipinski definition) is 3. The number of nitrogens with two attached hydrogens (primary N) is 1. The highest BCUT2D eigenvalue weighted by Crippen LogP contribution is 2.28. The molecule has 1 aliphatic rings. The molecule has 0 atom stereocenters. The molecular formula is C12H19N3O2. The number of nitrogens with zero attached hydrogens (tertiary/aromatic N) is 1. The Labute approximate surface area is 101 Å². The highest BCUT2D eigenvalue weighted by Gasteiger charge is 2.21. The molecule has 0 spiro atoms. The standard InChI is InChI=1S/C12H19N3O2/c1-15(4-5-17-8-9-2-3-9)12(16)11-6-10(13)7-14-11/h6-7,9,14H,2-5,8,13H2,1H3. The van der Waals surface area contributed by atoms with E-state index in [1.54, 1.807) is 24.2 Å². The van der Waals surface area contributed by atoms with Crippen molar-refractivity contribution in [1.82, 2.24) is 9.88 Å². The zero-order chi connectivity index (χ0) is 12.3. The molecule has 94 valence electrons. The first kappa shape index (κ1) is 12.0. The number of carbonyl (C=O) groups excluding carboxylic acids is 1. The van der Waals surface area contributed by atoms with E-state index in [1.807, 2.05) is 0 Å². The highest BCUT2D eigenvalue weighted by molar-refractivity contribution is 5.93. The van der Waals surface area contributed by atoms with Gasteiger partial charge in [0.2, 0.25) is 0 Å². The third-order valence-corrected chi connectivity index (χ3v) is 2.90. The number of rotatable bonds is 6. The SMILES string of the molecule is CN(CCOCC1CC1)C(=O)c1cc(N)c[nH]1. The van der Waals surface area contributed by atoms with Crippen molar-refractivity contribution in [2.45, 2.75) is 12.8 Å². The van der Waals surface area contributed by atoms with Crippen molar-refractivity contribution in [1.29, 1.82) is 0 Å². The van der Waals surface area contributed by atoms with Crippen LogP contribution in [0.2, 0.25) is 0 Å². The largest absolute Gasteiger partial charge is 0.397 e. The molecule has 1 aliphatic carbocycles. The molecule has 5 heteroatoms. The fourth-order valence-electron chi connectivity index (χ4n) is 1.58. The lowest BCUT2D eigenvalue weighted by Gasteiger charge is -2.16. The van der Waals surface area contributed by atoms with Crippen LogP contribution in [-0.4, -0.2) is 42.6 Å². The molecule has 1 saturated carbocycles. The molecular weight excluding hydrogens is 218 g/mol. The number of aromatic amines is 1. The number of likely N-dealkylation sites (N-methyl/N-ethyl adjacent to an activating group) is 1. The van der Waals surface area contributed by atoms with Crippen LogP contribution in [0.1, 0.15) is 23.3 Å². The molecule has 5 nitrogen and oxygen atoms in total. The van der Waals surface area contributed by atoms with Crippen molar-refractivity contribution in [2.75, 3.05) is 32.5 Å². The lowest BCUT2D eigenvalue weighted by Crippen LogP contribution is -2.30. The Morgan fingerprint density at radius 1 is 1.65 bits per heavy atom. The number of nitrogens with one attached hydrogen (secondary N) is 1. The van der Waals surface area contributed by atoms with Crippen molar-refractivity contribution in [3.8, 4) is 0 Å². The Balaban J connectivity index is 1.70. The van der Waals surface area contributed by atoms with E-state index in [4.69, 9.17) is 10.5 Å². The average Bonchev–Trinajstić information content (AvgIpc) is 3.04. The first-order valence-corrected chi connectivity index (χ1v) is 5.94. The molecule has 1 heterocycles. The number of nitrogen functional groups attached to an aromatic ring is 1. The maximum Gasteiger partial charge on any atom is 0.270 e. The van der Waals surface area contributed by atoms with E-state index in [2.05, 4.69) is 4.98 Å². The predicted molar refractivity (Wildman–Crippen MR) is 65.7 cm³/mol. The van der Waals surface area contributed by atoms with E-state index < -0.39 is 0 Å². The Morgan fingerprint density at radius 3 is 3.00 bits per heavy atom. The van der Waals surface area contributed by atoms with Gasteiger partial charge in [-0.3, -0.25) is 4.79 Å². The van der Waals surface area contributed by atoms with Crippen LogP contribution >= 0.6 is 0 Å². The van der Waals surface area contributed by atoms with E-state index in [9.17, 15) is 4.79 Å². The molecule has 1 aromatic rings. The Morgan fingerprint density at radius 2 is 2.41 bits per heavy atom. The van der Waals surface area contributed by atoms with Crippen molar-refractivity contribution in [2.24, 2.45) is 5.92 Å². The number of amides is 1. The number of anilines is 1. The second-order valence-corrected chi connectivity index (χ2v) is 4.59. The zero-order valence-electron chi connectivity index (χ0n) is 10.1. The van der Waals surface area contributed by atoms with Crippen LogP contribution in [0, 0.1) is 5.92 Å². The fraction of sp³-hybridized carbons (Fsp3) is 0.583. The summed E-state index contributed by atoms with van der Waals surface area (Å²) in [5.74, 6) is 0.705. The van der Waals surface area contributed by atoms with Crippen LogP contribution in [0.15, 0.2) is 12.3 Å². The molecule has 0 unspecified atom stereocenters. The summed E-state index contributed by atoms with van der Waals surface area (Å²) < 4.78 is 5.49. The summed E-state index contributed by atoms with van der Waals surface area (Å²) in [7, 11) is 1.76. The maximum absolute atomic E-state index is 11.9. The van der Waals surface area contributed by atoms with Gasteiger partial charge in [-0.25, -0.2) is 0 Å². The van der Waals surface area contributed by atoms with E-state index in [0.717, 1.165) is 12.5 Å². The Hall–Kier alpha value is -1.49. The van der Waals surface area contributed by atoms with Gasteiger partial charge in [-0.15, -0.1) is 0 Å². The molecule has 0 aliphatic heterocycles. The number of H-pyrrole nitrogens is 1. The summed E-state index contributed by atoms with van der Waals surface area (Å²) >= 11 is 0. The number of carbonyl (C=O) groups is 1. The fourth-order valence-corrected chi connectivity index (χ4v) is 1.58. The van der Waals surface area contributed by atoms with Crippen LogP contribution in [0.25, 0.3) is 0 Å². The van der Waals surface area contributed by atoms with Gasteiger partial charge in [-0.2, -0.15) is 0 Å². The topological polar surface area (TPSA) is 71.3 Å². The molecule has 0 aromatic carbocycles. The predicted octanol–water partition coefficient (Wildman–Crippen LogP) is 1.10. The quantitative estimate of drug-likeness (QED) is 0.728. The van der Waals surface area contributed by atoms with E-state index >= 15 is 0 Å². The van der Waals surface area contributed by atoms with Crippen LogP contribution < -0.4 is 5.73 Å². The minimum Gasteiger partial charge on any atom is -0.397 e. The lowest BCUT2D eigenvalue weighted by molar-refractivity contribution is 0.0676. The van der Waals surface area contributed by atoms with Crippen LogP contribution in [-0.2, 0) is 4.74 Å². The molecule has 1 fully saturated rings. The van der Waals surface area contributed by atoms with Crippen LogP contribution in [0.3, 0.4) is 0 Å². The van der Waals surface area contributed by atoms with Gasteiger partial charge in [-0.05, 0) is 24.8 Å².